The quantitative estimate of drug-likeness (QED) is 0.795. The lowest BCUT2D eigenvalue weighted by Crippen LogP contribution is -2.34. The molecule has 4 nitrogen and oxygen atoms in total. The van der Waals surface area contributed by atoms with Crippen LogP contribution in [0.1, 0.15) is 22.4 Å². The molecule has 0 unspecified atom stereocenters. The third kappa shape index (κ3) is 1.39. The highest BCUT2D eigenvalue weighted by molar-refractivity contribution is 5.94. The summed E-state index contributed by atoms with van der Waals surface area (Å²) in [7, 11) is 0. The van der Waals surface area contributed by atoms with Crippen LogP contribution in [0.5, 0.6) is 0 Å². The maximum absolute atomic E-state index is 7.67. The van der Waals surface area contributed by atoms with Gasteiger partial charge in [0.05, 0.1) is 16.7 Å². The molecule has 1 aromatic carbocycles. The molecule has 2 aliphatic rings. The van der Waals surface area contributed by atoms with Crippen molar-refractivity contribution in [3.63, 3.8) is 0 Å². The first-order chi connectivity index (χ1) is 10.9. The first kappa shape index (κ1) is 8.84. The van der Waals surface area contributed by atoms with Gasteiger partial charge in [-0.1, -0.05) is 12.1 Å². The minimum atomic E-state index is -2.15. The Kier molecular flexibility index (Phi) is 1.72. The second kappa shape index (κ2) is 3.88. The molecule has 0 saturated carbocycles. The lowest BCUT2D eigenvalue weighted by molar-refractivity contribution is 0.383. The number of hydrogen-bond donors (Lipinski definition) is 0. The largest absolute Gasteiger partial charge is 0.359 e. The predicted octanol–water partition coefficient (Wildman–Crippen LogP) is 2.94. The number of benzene rings is 1. The molecule has 102 valence electrons. The van der Waals surface area contributed by atoms with Crippen molar-refractivity contribution < 1.29 is 4.11 Å². The van der Waals surface area contributed by atoms with Crippen LogP contribution in [0.25, 0.3) is 17.2 Å². The molecule has 0 aliphatic carbocycles. The SMILES string of the molecule is [2H]C([2H])([2H])N1C=CN(c2c(C)ccc3nc4n(c23)C=CC4)[C@H]1C. The third-order valence-corrected chi connectivity index (χ3v) is 4.11. The lowest BCUT2D eigenvalue weighted by Gasteiger charge is -2.29. The van der Waals surface area contributed by atoms with Crippen LogP contribution in [0.2, 0.25) is 0 Å². The molecule has 0 amide bonds. The zero-order chi connectivity index (χ0) is 16.4. The molecular formula is C16H18N4. The van der Waals surface area contributed by atoms with Crippen LogP contribution >= 0.6 is 0 Å². The van der Waals surface area contributed by atoms with E-state index in [1.807, 2.05) is 43.3 Å². The number of anilines is 1. The van der Waals surface area contributed by atoms with E-state index >= 15 is 0 Å². The number of hydrogen-bond acceptors (Lipinski definition) is 3. The van der Waals surface area contributed by atoms with Gasteiger partial charge in [0, 0.05) is 36.1 Å². The number of aromatic nitrogens is 2. The van der Waals surface area contributed by atoms with Crippen molar-refractivity contribution >= 4 is 22.9 Å². The summed E-state index contributed by atoms with van der Waals surface area (Å²) in [5.74, 6) is 1.02. The van der Waals surface area contributed by atoms with Gasteiger partial charge in [-0.25, -0.2) is 4.98 Å². The summed E-state index contributed by atoms with van der Waals surface area (Å²) >= 11 is 0. The van der Waals surface area contributed by atoms with Gasteiger partial charge in [-0.3, -0.25) is 0 Å². The van der Waals surface area contributed by atoms with E-state index in [1.165, 1.54) is 4.90 Å². The Bertz CT molecular complexity index is 847. The van der Waals surface area contributed by atoms with E-state index in [2.05, 4.69) is 15.6 Å². The molecule has 2 aliphatic heterocycles. The molecule has 3 heterocycles. The Morgan fingerprint density at radius 3 is 3.00 bits per heavy atom. The number of rotatable bonds is 1. The van der Waals surface area contributed by atoms with Crippen LogP contribution in [0.15, 0.2) is 30.6 Å². The van der Waals surface area contributed by atoms with E-state index in [9.17, 15) is 0 Å². The minimum absolute atomic E-state index is 0.275. The minimum Gasteiger partial charge on any atom is -0.359 e. The van der Waals surface area contributed by atoms with Crippen molar-refractivity contribution in [2.24, 2.45) is 0 Å². The lowest BCUT2D eigenvalue weighted by atomic mass is 10.1. The summed E-state index contributed by atoms with van der Waals surface area (Å²) in [6.45, 7) is 1.80. The molecule has 1 atom stereocenters. The van der Waals surface area contributed by atoms with Crippen LogP contribution in [0.4, 0.5) is 5.69 Å². The maximum Gasteiger partial charge on any atom is 0.117 e. The summed E-state index contributed by atoms with van der Waals surface area (Å²) in [4.78, 5) is 8.11. The van der Waals surface area contributed by atoms with Crippen molar-refractivity contribution in [1.82, 2.24) is 14.5 Å². The van der Waals surface area contributed by atoms with Gasteiger partial charge in [-0.2, -0.15) is 0 Å². The van der Waals surface area contributed by atoms with E-state index in [0.29, 0.717) is 0 Å². The van der Waals surface area contributed by atoms with Gasteiger partial charge in [-0.15, -0.1) is 0 Å². The second-order valence-electron chi connectivity index (χ2n) is 5.33. The van der Waals surface area contributed by atoms with Gasteiger partial charge in [0.25, 0.3) is 0 Å². The standard InChI is InChI=1S/C16H18N4/c1-11-6-7-13-16(20-8-4-5-14(20)17-13)15(11)19-10-9-18(3)12(19)2/h4,6-10,12H,5H2,1-3H3/t12-/m0/s1/i3D3. The smallest absolute Gasteiger partial charge is 0.117 e. The van der Waals surface area contributed by atoms with Crippen LogP contribution in [0, 0.1) is 6.92 Å². The Morgan fingerprint density at radius 1 is 1.30 bits per heavy atom. The molecule has 0 bridgehead atoms. The molecule has 0 radical (unpaired) electrons. The molecular weight excluding hydrogens is 248 g/mol. The van der Waals surface area contributed by atoms with Crippen LogP contribution in [-0.4, -0.2) is 27.6 Å². The van der Waals surface area contributed by atoms with Gasteiger partial charge in [0.15, 0.2) is 0 Å². The van der Waals surface area contributed by atoms with Crippen molar-refractivity contribution in [3.8, 4) is 0 Å². The Morgan fingerprint density at radius 2 is 2.20 bits per heavy atom. The number of fused-ring (bicyclic) bond motifs is 3. The highest BCUT2D eigenvalue weighted by atomic mass is 15.4. The fraction of sp³-hybridized carbons (Fsp3) is 0.312. The summed E-state index contributed by atoms with van der Waals surface area (Å²) in [6, 6.07) is 4.07. The van der Waals surface area contributed by atoms with E-state index in [4.69, 9.17) is 4.11 Å². The van der Waals surface area contributed by atoms with E-state index < -0.39 is 6.98 Å². The number of nitrogens with zero attached hydrogens (tertiary/aromatic N) is 4. The Labute approximate surface area is 122 Å². The fourth-order valence-electron chi connectivity index (χ4n) is 3.00. The summed E-state index contributed by atoms with van der Waals surface area (Å²) in [6.07, 6.45) is 8.18. The first-order valence-electron chi connectivity index (χ1n) is 8.30. The molecule has 20 heavy (non-hydrogen) atoms. The molecule has 0 saturated heterocycles. The van der Waals surface area contributed by atoms with Crippen molar-refractivity contribution in [1.29, 1.82) is 0 Å². The summed E-state index contributed by atoms with van der Waals surface area (Å²) in [5, 5.41) is 0. The normalized spacial score (nSPS) is 23.3. The number of allylic oxidation sites excluding steroid dienone is 1. The van der Waals surface area contributed by atoms with Crippen molar-refractivity contribution in [2.45, 2.75) is 26.4 Å². The highest BCUT2D eigenvalue weighted by Crippen LogP contribution is 2.36. The van der Waals surface area contributed by atoms with Crippen LogP contribution in [-0.2, 0) is 6.42 Å². The molecule has 2 aromatic rings. The molecule has 1 aromatic heterocycles. The highest BCUT2D eigenvalue weighted by Gasteiger charge is 2.26. The average molecular weight is 269 g/mol. The van der Waals surface area contributed by atoms with E-state index in [1.54, 1.807) is 6.20 Å². The first-order valence-corrected chi connectivity index (χ1v) is 6.80. The topological polar surface area (TPSA) is 24.3 Å². The molecule has 0 spiro atoms. The summed E-state index contributed by atoms with van der Waals surface area (Å²) < 4.78 is 25.1. The number of aryl methyl sites for hydroxylation is 1. The predicted molar refractivity (Wildman–Crippen MR) is 82.3 cm³/mol. The second-order valence-corrected chi connectivity index (χ2v) is 5.33. The zero-order valence-corrected chi connectivity index (χ0v) is 11.5. The van der Waals surface area contributed by atoms with Crippen molar-refractivity contribution in [2.75, 3.05) is 11.9 Å². The molecule has 4 heteroatoms. The maximum atomic E-state index is 7.67. The van der Waals surface area contributed by atoms with E-state index in [0.717, 1.165) is 34.5 Å². The molecule has 4 rings (SSSR count). The van der Waals surface area contributed by atoms with Gasteiger partial charge in [0.1, 0.15) is 12.0 Å². The Balaban J connectivity index is 1.89. The Hall–Kier alpha value is -2.23. The fourth-order valence-corrected chi connectivity index (χ4v) is 3.00. The number of imidazole rings is 1. The van der Waals surface area contributed by atoms with Gasteiger partial charge in [0.2, 0.25) is 0 Å². The third-order valence-electron chi connectivity index (χ3n) is 4.11. The zero-order valence-electron chi connectivity index (χ0n) is 14.5. The van der Waals surface area contributed by atoms with Gasteiger partial charge >= 0.3 is 0 Å². The van der Waals surface area contributed by atoms with Crippen LogP contribution in [0.3, 0.4) is 0 Å². The average Bonchev–Trinajstić information content (AvgIpc) is 3.12. The van der Waals surface area contributed by atoms with Crippen molar-refractivity contribution in [3.05, 3.63) is 42.0 Å². The van der Waals surface area contributed by atoms with Crippen LogP contribution < -0.4 is 4.90 Å². The van der Waals surface area contributed by atoms with Gasteiger partial charge in [-0.05, 0) is 25.5 Å². The molecule has 0 N–H and O–H groups in total. The monoisotopic (exact) mass is 269 g/mol. The van der Waals surface area contributed by atoms with E-state index in [-0.39, 0.29) is 6.17 Å². The summed E-state index contributed by atoms with van der Waals surface area (Å²) in [5.41, 5.74) is 4.10. The van der Waals surface area contributed by atoms with Gasteiger partial charge < -0.3 is 14.4 Å². The molecule has 0 fully saturated rings.